The Labute approximate surface area is 101 Å². The van der Waals surface area contributed by atoms with Crippen molar-refractivity contribution >= 4 is 5.97 Å². The maximum atomic E-state index is 11.7. The van der Waals surface area contributed by atoms with Crippen LogP contribution in [0.2, 0.25) is 0 Å². The molecule has 3 rings (SSSR count). The van der Waals surface area contributed by atoms with Gasteiger partial charge in [0, 0.05) is 12.5 Å². The quantitative estimate of drug-likeness (QED) is 0.638. The lowest BCUT2D eigenvalue weighted by molar-refractivity contribution is -0.158. The number of hydrogen-bond acceptors (Lipinski definition) is 2. The van der Waals surface area contributed by atoms with Crippen LogP contribution in [0, 0.1) is 0 Å². The molecule has 1 spiro atoms. The fourth-order valence-electron chi connectivity index (χ4n) is 3.13. The number of aryl methyl sites for hydroxylation is 1. The average Bonchev–Trinajstić information content (AvgIpc) is 2.28. The van der Waals surface area contributed by atoms with E-state index in [1.807, 2.05) is 13.0 Å². The van der Waals surface area contributed by atoms with Gasteiger partial charge in [0.05, 0.1) is 0 Å². The maximum absolute atomic E-state index is 11.7. The summed E-state index contributed by atoms with van der Waals surface area (Å²) in [6, 6.07) is 8.36. The van der Waals surface area contributed by atoms with Gasteiger partial charge in [0.2, 0.25) is 0 Å². The van der Waals surface area contributed by atoms with Crippen molar-refractivity contribution in [2.75, 3.05) is 0 Å². The smallest absolute Gasteiger partial charge is 0.331 e. The summed E-state index contributed by atoms with van der Waals surface area (Å²) in [6.07, 6.45) is 5.59. The summed E-state index contributed by atoms with van der Waals surface area (Å²) in [5.74, 6) is -0.189. The minimum atomic E-state index is -0.384. The summed E-state index contributed by atoms with van der Waals surface area (Å²) in [5, 5.41) is 0. The van der Waals surface area contributed by atoms with Crippen molar-refractivity contribution in [3.63, 3.8) is 0 Å². The third-order valence-electron chi connectivity index (χ3n) is 3.76. The Kier molecular flexibility index (Phi) is 2.32. The number of hydrogen-bond donors (Lipinski definition) is 0. The zero-order valence-corrected chi connectivity index (χ0v) is 10.0. The van der Waals surface area contributed by atoms with E-state index in [9.17, 15) is 4.79 Å². The second-order valence-corrected chi connectivity index (χ2v) is 5.09. The molecule has 1 aromatic rings. The summed E-state index contributed by atoms with van der Waals surface area (Å²) in [7, 11) is 0. The lowest BCUT2D eigenvalue weighted by Gasteiger charge is -2.40. The topological polar surface area (TPSA) is 26.3 Å². The third kappa shape index (κ3) is 1.68. The van der Waals surface area contributed by atoms with Crippen LogP contribution >= 0.6 is 0 Å². The lowest BCUT2D eigenvalue weighted by Crippen LogP contribution is -2.38. The van der Waals surface area contributed by atoms with E-state index in [1.165, 1.54) is 11.1 Å². The first-order valence-electron chi connectivity index (χ1n) is 6.18. The van der Waals surface area contributed by atoms with E-state index >= 15 is 0 Å². The first kappa shape index (κ1) is 10.6. The average molecular weight is 228 g/mol. The molecule has 0 saturated heterocycles. The molecule has 1 atom stereocenters. The Hall–Kier alpha value is -1.57. The van der Waals surface area contributed by atoms with Gasteiger partial charge in [0.15, 0.2) is 0 Å². The molecular formula is C15H16O2. The minimum absolute atomic E-state index is 0.189. The largest absolute Gasteiger partial charge is 0.451 e. The van der Waals surface area contributed by atoms with Crippen LogP contribution in [0.5, 0.6) is 0 Å². The molecule has 2 heteroatoms. The molecule has 1 aliphatic carbocycles. The van der Waals surface area contributed by atoms with Gasteiger partial charge >= 0.3 is 5.97 Å². The van der Waals surface area contributed by atoms with Crippen molar-refractivity contribution < 1.29 is 9.53 Å². The summed E-state index contributed by atoms with van der Waals surface area (Å²) >= 11 is 0. The first-order chi connectivity index (χ1) is 8.20. The molecule has 0 unspecified atom stereocenters. The molecule has 0 fully saturated rings. The Morgan fingerprint density at radius 2 is 2.12 bits per heavy atom. The SMILES string of the molecule is CC1=CC(=O)O[C@]2(CCCc3ccccc32)C1. The van der Waals surface area contributed by atoms with Crippen molar-refractivity contribution in [3.05, 3.63) is 47.0 Å². The highest BCUT2D eigenvalue weighted by molar-refractivity contribution is 5.84. The van der Waals surface area contributed by atoms with Crippen molar-refractivity contribution in [3.8, 4) is 0 Å². The monoisotopic (exact) mass is 228 g/mol. The van der Waals surface area contributed by atoms with Crippen molar-refractivity contribution in [2.24, 2.45) is 0 Å². The van der Waals surface area contributed by atoms with Crippen LogP contribution in [0.15, 0.2) is 35.9 Å². The molecule has 0 N–H and O–H groups in total. The van der Waals surface area contributed by atoms with Crippen molar-refractivity contribution in [2.45, 2.75) is 38.2 Å². The highest BCUT2D eigenvalue weighted by Crippen LogP contribution is 2.44. The molecule has 0 radical (unpaired) electrons. The summed E-state index contributed by atoms with van der Waals surface area (Å²) in [6.45, 7) is 2.01. The summed E-state index contributed by atoms with van der Waals surface area (Å²) in [4.78, 5) is 11.7. The van der Waals surface area contributed by atoms with Crippen molar-refractivity contribution in [1.82, 2.24) is 0 Å². The molecular weight excluding hydrogens is 212 g/mol. The Morgan fingerprint density at radius 1 is 1.29 bits per heavy atom. The first-order valence-corrected chi connectivity index (χ1v) is 6.18. The second-order valence-electron chi connectivity index (χ2n) is 5.09. The van der Waals surface area contributed by atoms with Crippen LogP contribution in [-0.2, 0) is 21.6 Å². The molecule has 1 aromatic carbocycles. The highest BCUT2D eigenvalue weighted by Gasteiger charge is 2.41. The molecule has 17 heavy (non-hydrogen) atoms. The molecule has 1 heterocycles. The minimum Gasteiger partial charge on any atom is -0.451 e. The maximum Gasteiger partial charge on any atom is 0.331 e. The van der Waals surface area contributed by atoms with Gasteiger partial charge in [-0.3, -0.25) is 0 Å². The van der Waals surface area contributed by atoms with Crippen LogP contribution < -0.4 is 0 Å². The van der Waals surface area contributed by atoms with Gasteiger partial charge < -0.3 is 4.74 Å². The van der Waals surface area contributed by atoms with Gasteiger partial charge in [-0.2, -0.15) is 0 Å². The number of rotatable bonds is 0. The normalized spacial score (nSPS) is 27.4. The lowest BCUT2D eigenvalue weighted by atomic mass is 9.75. The molecule has 2 aliphatic rings. The molecule has 2 nitrogen and oxygen atoms in total. The summed E-state index contributed by atoms with van der Waals surface area (Å²) < 4.78 is 5.70. The van der Waals surface area contributed by atoms with Gasteiger partial charge in [0.25, 0.3) is 0 Å². The standard InChI is InChI=1S/C15H16O2/c1-11-9-14(16)17-15(10-11)8-4-6-12-5-2-3-7-13(12)15/h2-3,5,7,9H,4,6,8,10H2,1H3/t15-/m1/s1. The van der Waals surface area contributed by atoms with Crippen LogP contribution in [0.4, 0.5) is 0 Å². The van der Waals surface area contributed by atoms with E-state index in [0.29, 0.717) is 0 Å². The predicted molar refractivity (Wildman–Crippen MR) is 65.5 cm³/mol. The number of ether oxygens (including phenoxy) is 1. The fourth-order valence-corrected chi connectivity index (χ4v) is 3.13. The third-order valence-corrected chi connectivity index (χ3v) is 3.76. The van der Waals surface area contributed by atoms with E-state index in [0.717, 1.165) is 31.3 Å². The van der Waals surface area contributed by atoms with Gasteiger partial charge in [-0.05, 0) is 37.3 Å². The zero-order chi connectivity index (χ0) is 11.9. The van der Waals surface area contributed by atoms with E-state index in [1.54, 1.807) is 6.08 Å². The number of benzene rings is 1. The van der Waals surface area contributed by atoms with E-state index in [-0.39, 0.29) is 11.6 Å². The molecule has 0 bridgehead atoms. The van der Waals surface area contributed by atoms with Crippen LogP contribution in [0.25, 0.3) is 0 Å². The van der Waals surface area contributed by atoms with Crippen LogP contribution in [-0.4, -0.2) is 5.97 Å². The van der Waals surface area contributed by atoms with Gasteiger partial charge in [-0.1, -0.05) is 29.8 Å². The van der Waals surface area contributed by atoms with Crippen LogP contribution in [0.3, 0.4) is 0 Å². The van der Waals surface area contributed by atoms with E-state index in [4.69, 9.17) is 4.74 Å². The summed E-state index contributed by atoms with van der Waals surface area (Å²) in [5.41, 5.74) is 3.29. The molecule has 88 valence electrons. The number of carbonyl (C=O) groups excluding carboxylic acids is 1. The number of carbonyl (C=O) groups is 1. The molecule has 0 saturated carbocycles. The molecule has 1 aliphatic heterocycles. The van der Waals surface area contributed by atoms with Gasteiger partial charge in [0.1, 0.15) is 5.60 Å². The zero-order valence-electron chi connectivity index (χ0n) is 10.0. The Bertz CT molecular complexity index is 501. The van der Waals surface area contributed by atoms with E-state index < -0.39 is 0 Å². The van der Waals surface area contributed by atoms with Gasteiger partial charge in [-0.15, -0.1) is 0 Å². The molecule has 0 aromatic heterocycles. The Morgan fingerprint density at radius 3 is 2.94 bits per heavy atom. The van der Waals surface area contributed by atoms with Gasteiger partial charge in [-0.25, -0.2) is 4.79 Å². The number of fused-ring (bicyclic) bond motifs is 2. The Balaban J connectivity index is 2.10. The van der Waals surface area contributed by atoms with Crippen molar-refractivity contribution in [1.29, 1.82) is 0 Å². The fraction of sp³-hybridized carbons (Fsp3) is 0.400. The molecule has 0 amide bonds. The number of esters is 1. The predicted octanol–water partition coefficient (Wildman–Crippen LogP) is 3.11. The second kappa shape index (κ2) is 3.73. The van der Waals surface area contributed by atoms with E-state index in [2.05, 4.69) is 18.2 Å². The van der Waals surface area contributed by atoms with Crippen LogP contribution in [0.1, 0.15) is 37.3 Å². The highest BCUT2D eigenvalue weighted by atomic mass is 16.6.